The van der Waals surface area contributed by atoms with Crippen LogP contribution in [0.1, 0.15) is 239 Å². The number of phosphoric acid groups is 1. The second kappa shape index (κ2) is 52.2. The van der Waals surface area contributed by atoms with Gasteiger partial charge in [0.2, 0.25) is 0 Å². The summed E-state index contributed by atoms with van der Waals surface area (Å²) in [6.45, 7) is 4.39. The molecule has 404 valence electrons. The van der Waals surface area contributed by atoms with Gasteiger partial charge in [-0.05, 0) is 83.5 Å². The van der Waals surface area contributed by atoms with E-state index in [1.54, 1.807) is 0 Å². The zero-order valence-electron chi connectivity index (χ0n) is 44.5. The van der Waals surface area contributed by atoms with Crippen molar-refractivity contribution >= 4 is 25.7 Å². The highest BCUT2D eigenvalue weighted by atomic mass is 31.2. The zero-order chi connectivity index (χ0) is 51.3. The number of aliphatic hydroxyl groups excluding tert-OH is 1. The lowest BCUT2D eigenvalue weighted by molar-refractivity contribution is -0.161. The van der Waals surface area contributed by atoms with Gasteiger partial charge in [-0.25, -0.2) is 4.57 Å². The van der Waals surface area contributed by atoms with Gasteiger partial charge in [-0.1, -0.05) is 209 Å². The van der Waals surface area contributed by atoms with Crippen LogP contribution in [0, 0.1) is 0 Å². The molecule has 0 radical (unpaired) electrons. The van der Waals surface area contributed by atoms with E-state index in [4.69, 9.17) is 23.3 Å². The number of aliphatic hydroxyl groups is 1. The lowest BCUT2D eigenvalue weighted by Gasteiger charge is -2.21. The third-order valence-electron chi connectivity index (χ3n) is 11.6. The van der Waals surface area contributed by atoms with Crippen molar-refractivity contribution in [3.8, 4) is 0 Å². The van der Waals surface area contributed by atoms with Gasteiger partial charge in [-0.2, -0.15) is 0 Å². The standard InChI is InChI=1S/C58H101O11P/c1-4-7-10-13-16-19-22-25-27-30-33-36-39-42-45-48-57(61)68-54(50-59)52-66-70(63,64)67-53-55(51-65-56(60)47-44-41-38-35-32-29-24-21-18-15-12-9-6-3)69-58(62)49-46-43-40-37-34-31-28-26-23-20-17-14-11-8-5-2/h7-8,10-11,16-17,19-20,25-28,54-55,59H,4-6,9,12-15,18,21-24,29-53H2,1-3H3,(H,63,64)/b10-7-,11-8-,19-16-,20-17-,27-25-,28-26-. The third kappa shape index (κ3) is 49.9. The van der Waals surface area contributed by atoms with Crippen molar-refractivity contribution in [1.82, 2.24) is 0 Å². The summed E-state index contributed by atoms with van der Waals surface area (Å²) in [5.74, 6) is -1.50. The first-order valence-corrected chi connectivity index (χ1v) is 29.3. The lowest BCUT2D eigenvalue weighted by Crippen LogP contribution is -2.30. The molecular weight excluding hydrogens is 904 g/mol. The number of carbonyl (C=O) groups excluding carboxylic acids is 3. The molecule has 0 heterocycles. The van der Waals surface area contributed by atoms with Crippen molar-refractivity contribution in [2.75, 3.05) is 26.4 Å². The smallest absolute Gasteiger partial charge is 0.462 e. The van der Waals surface area contributed by atoms with Gasteiger partial charge < -0.3 is 24.2 Å². The van der Waals surface area contributed by atoms with Crippen LogP contribution in [0.5, 0.6) is 0 Å². The molecule has 0 aromatic rings. The normalized spacial score (nSPS) is 14.0. The molecular formula is C58H101O11P. The van der Waals surface area contributed by atoms with Gasteiger partial charge in [0.25, 0.3) is 0 Å². The zero-order valence-corrected chi connectivity index (χ0v) is 45.4. The second-order valence-corrected chi connectivity index (χ2v) is 19.8. The molecule has 11 nitrogen and oxygen atoms in total. The first-order valence-electron chi connectivity index (χ1n) is 27.8. The molecule has 0 aliphatic rings. The summed E-state index contributed by atoms with van der Waals surface area (Å²) in [6, 6.07) is 0. The van der Waals surface area contributed by atoms with E-state index in [1.165, 1.54) is 57.8 Å². The van der Waals surface area contributed by atoms with Crippen LogP contribution in [0.2, 0.25) is 0 Å². The van der Waals surface area contributed by atoms with E-state index in [-0.39, 0.29) is 25.9 Å². The van der Waals surface area contributed by atoms with Crippen LogP contribution >= 0.6 is 7.82 Å². The molecule has 3 unspecified atom stereocenters. The van der Waals surface area contributed by atoms with Crippen molar-refractivity contribution in [3.05, 3.63) is 72.9 Å². The molecule has 0 aromatic heterocycles. The summed E-state index contributed by atoms with van der Waals surface area (Å²) in [4.78, 5) is 48.4. The number of hydrogen-bond donors (Lipinski definition) is 2. The minimum atomic E-state index is -4.75. The number of rotatable bonds is 51. The highest BCUT2D eigenvalue weighted by molar-refractivity contribution is 7.47. The largest absolute Gasteiger partial charge is 0.472 e. The van der Waals surface area contributed by atoms with Crippen molar-refractivity contribution in [1.29, 1.82) is 0 Å². The molecule has 0 aliphatic carbocycles. The van der Waals surface area contributed by atoms with Crippen molar-refractivity contribution in [2.45, 2.75) is 251 Å². The van der Waals surface area contributed by atoms with Gasteiger partial charge in [0.05, 0.1) is 19.8 Å². The average molecular weight is 1010 g/mol. The van der Waals surface area contributed by atoms with Crippen molar-refractivity contribution in [2.24, 2.45) is 0 Å². The van der Waals surface area contributed by atoms with Gasteiger partial charge in [0.1, 0.15) is 12.7 Å². The Morgan fingerprint density at radius 1 is 0.414 bits per heavy atom. The number of phosphoric ester groups is 1. The molecule has 0 spiro atoms. The van der Waals surface area contributed by atoms with Crippen LogP contribution in [0.3, 0.4) is 0 Å². The Kier molecular flexibility index (Phi) is 50.0. The van der Waals surface area contributed by atoms with E-state index >= 15 is 0 Å². The van der Waals surface area contributed by atoms with Gasteiger partial charge in [-0.15, -0.1) is 0 Å². The fourth-order valence-corrected chi connectivity index (χ4v) is 8.23. The molecule has 0 amide bonds. The maximum absolute atomic E-state index is 12.9. The van der Waals surface area contributed by atoms with Crippen LogP contribution < -0.4 is 0 Å². The van der Waals surface area contributed by atoms with Crippen molar-refractivity contribution < 1.29 is 52.2 Å². The van der Waals surface area contributed by atoms with Crippen LogP contribution in [-0.4, -0.2) is 66.5 Å². The van der Waals surface area contributed by atoms with E-state index in [0.29, 0.717) is 19.3 Å². The van der Waals surface area contributed by atoms with Gasteiger partial charge in [0, 0.05) is 19.3 Å². The number of unbranched alkanes of at least 4 members (excludes halogenated alkanes) is 22. The maximum Gasteiger partial charge on any atom is 0.472 e. The number of ether oxygens (including phenoxy) is 3. The monoisotopic (exact) mass is 1000 g/mol. The Morgan fingerprint density at radius 2 is 0.743 bits per heavy atom. The van der Waals surface area contributed by atoms with Gasteiger partial charge in [0.15, 0.2) is 6.10 Å². The lowest BCUT2D eigenvalue weighted by atomic mass is 10.0. The summed E-state index contributed by atoms with van der Waals surface area (Å²) < 4.78 is 39.4. The van der Waals surface area contributed by atoms with Crippen LogP contribution in [0.15, 0.2) is 72.9 Å². The number of carbonyl (C=O) groups is 3. The Bertz CT molecular complexity index is 1450. The summed E-state index contributed by atoms with van der Waals surface area (Å²) >= 11 is 0. The Morgan fingerprint density at radius 3 is 1.14 bits per heavy atom. The average Bonchev–Trinajstić information content (AvgIpc) is 3.35. The topological polar surface area (TPSA) is 155 Å². The molecule has 0 rings (SSSR count). The maximum atomic E-state index is 12.9. The Hall–Kier alpha value is -3.08. The van der Waals surface area contributed by atoms with Gasteiger partial charge in [-0.3, -0.25) is 23.4 Å². The highest BCUT2D eigenvalue weighted by Crippen LogP contribution is 2.43. The molecule has 0 bridgehead atoms. The molecule has 0 saturated heterocycles. The molecule has 0 aliphatic heterocycles. The Balaban J connectivity index is 4.75. The first kappa shape index (κ1) is 66.9. The molecule has 2 N–H and O–H groups in total. The Labute approximate surface area is 427 Å². The summed E-state index contributed by atoms with van der Waals surface area (Å²) in [5.41, 5.74) is 0. The second-order valence-electron chi connectivity index (χ2n) is 18.3. The quantitative estimate of drug-likeness (QED) is 0.0197. The highest BCUT2D eigenvalue weighted by Gasteiger charge is 2.28. The minimum absolute atomic E-state index is 0.146. The fraction of sp³-hybridized carbons (Fsp3) is 0.741. The van der Waals surface area contributed by atoms with E-state index in [0.717, 1.165) is 122 Å². The number of allylic oxidation sites excluding steroid dienone is 12. The molecule has 70 heavy (non-hydrogen) atoms. The number of hydrogen-bond acceptors (Lipinski definition) is 10. The van der Waals surface area contributed by atoms with E-state index in [9.17, 15) is 28.9 Å². The predicted molar refractivity (Wildman–Crippen MR) is 288 cm³/mol. The van der Waals surface area contributed by atoms with E-state index < -0.39 is 57.8 Å². The molecule has 0 saturated carbocycles. The summed E-state index contributed by atoms with van der Waals surface area (Å²) in [6.07, 6.45) is 57.2. The molecule has 3 atom stereocenters. The summed E-state index contributed by atoms with van der Waals surface area (Å²) in [5, 5.41) is 9.80. The van der Waals surface area contributed by atoms with Crippen LogP contribution in [0.4, 0.5) is 0 Å². The van der Waals surface area contributed by atoms with Crippen molar-refractivity contribution in [3.63, 3.8) is 0 Å². The first-order chi connectivity index (χ1) is 34.2. The molecule has 12 heteroatoms. The SMILES string of the molecule is CC/C=C\C/C=C\C/C=C\CCCCCCCC(=O)OC(CO)COP(=O)(O)OCC(COC(=O)CCCCCCCCCCCCCCC)OC(=O)CCCCCCC/C=C\C/C=C\C/C=C\CC. The fourth-order valence-electron chi connectivity index (χ4n) is 7.44. The van der Waals surface area contributed by atoms with E-state index in [2.05, 4.69) is 93.7 Å². The summed E-state index contributed by atoms with van der Waals surface area (Å²) in [7, 11) is -4.75. The van der Waals surface area contributed by atoms with E-state index in [1.807, 2.05) is 0 Å². The predicted octanol–water partition coefficient (Wildman–Crippen LogP) is 16.1. The van der Waals surface area contributed by atoms with Crippen LogP contribution in [-0.2, 0) is 42.2 Å². The third-order valence-corrected chi connectivity index (χ3v) is 12.6. The molecule has 0 aromatic carbocycles. The number of esters is 3. The minimum Gasteiger partial charge on any atom is -0.462 e. The van der Waals surface area contributed by atoms with Gasteiger partial charge >= 0.3 is 25.7 Å². The molecule has 0 fully saturated rings. The van der Waals surface area contributed by atoms with Crippen LogP contribution in [0.25, 0.3) is 0 Å².